The fourth-order valence-corrected chi connectivity index (χ4v) is 3.80. The van der Waals surface area contributed by atoms with E-state index in [2.05, 4.69) is 15.5 Å². The van der Waals surface area contributed by atoms with Crippen molar-refractivity contribution in [1.29, 1.82) is 0 Å². The second-order valence-corrected chi connectivity index (χ2v) is 7.33. The van der Waals surface area contributed by atoms with Crippen LogP contribution in [-0.2, 0) is 19.3 Å². The zero-order valence-electron chi connectivity index (χ0n) is 15.9. The van der Waals surface area contributed by atoms with Gasteiger partial charge in [-0.3, -0.25) is 14.9 Å². The minimum Gasteiger partial charge on any atom is -0.454 e. The molecule has 1 aliphatic rings. The molecule has 0 saturated heterocycles. The monoisotopic (exact) mass is 427 g/mol. The molecule has 10 nitrogen and oxygen atoms in total. The van der Waals surface area contributed by atoms with Crippen LogP contribution in [-0.4, -0.2) is 32.4 Å². The molecule has 0 aliphatic carbocycles. The van der Waals surface area contributed by atoms with Crippen LogP contribution >= 0.6 is 11.8 Å². The Balaban J connectivity index is 1.38. The molecule has 1 N–H and O–H groups in total. The van der Waals surface area contributed by atoms with E-state index in [9.17, 15) is 14.9 Å². The molecule has 2 heterocycles. The lowest BCUT2D eigenvalue weighted by Crippen LogP contribution is -2.24. The molecule has 0 atom stereocenters. The number of fused-ring (bicyclic) bond motifs is 1. The maximum atomic E-state index is 12.4. The first-order valence-corrected chi connectivity index (χ1v) is 9.92. The second-order valence-electron chi connectivity index (χ2n) is 6.38. The third kappa shape index (κ3) is 4.06. The Labute approximate surface area is 175 Å². The van der Waals surface area contributed by atoms with Gasteiger partial charge in [0.05, 0.1) is 11.5 Å². The molecule has 1 aromatic heterocycles. The van der Waals surface area contributed by atoms with Gasteiger partial charge < -0.3 is 19.4 Å². The van der Waals surface area contributed by atoms with Crippen LogP contribution in [0, 0.1) is 10.1 Å². The summed E-state index contributed by atoms with van der Waals surface area (Å²) in [7, 11) is 1.78. The molecular formula is C19H17N5O5S. The number of nitrogens with one attached hydrogen (secondary N) is 1. The van der Waals surface area contributed by atoms with E-state index in [0.29, 0.717) is 39.4 Å². The van der Waals surface area contributed by atoms with Gasteiger partial charge >= 0.3 is 0 Å². The maximum Gasteiger partial charge on any atom is 0.273 e. The lowest BCUT2D eigenvalue weighted by Gasteiger charge is -2.07. The summed E-state index contributed by atoms with van der Waals surface area (Å²) in [5.41, 5.74) is 1.13. The Kier molecular flexibility index (Phi) is 5.53. The number of carbonyl (C=O) groups is 1. The van der Waals surface area contributed by atoms with Crippen molar-refractivity contribution in [3.63, 3.8) is 0 Å². The first kappa shape index (κ1) is 19.7. The van der Waals surface area contributed by atoms with Crippen LogP contribution in [0.25, 0.3) is 0 Å². The Bertz CT molecular complexity index is 1120. The zero-order chi connectivity index (χ0) is 21.1. The zero-order valence-corrected chi connectivity index (χ0v) is 16.7. The Hall–Kier alpha value is -3.60. The third-order valence-corrected chi connectivity index (χ3v) is 5.58. The molecule has 0 radical (unpaired) electrons. The molecule has 154 valence electrons. The fraction of sp³-hybridized carbons (Fsp3) is 0.211. The molecule has 0 fully saturated rings. The van der Waals surface area contributed by atoms with Crippen LogP contribution < -0.4 is 14.8 Å². The van der Waals surface area contributed by atoms with Crippen molar-refractivity contribution in [2.45, 2.75) is 17.5 Å². The summed E-state index contributed by atoms with van der Waals surface area (Å²) in [5, 5.41) is 22.8. The highest BCUT2D eigenvalue weighted by Gasteiger charge is 2.18. The number of nitro groups is 1. The predicted molar refractivity (Wildman–Crippen MR) is 107 cm³/mol. The number of para-hydroxylation sites is 1. The lowest BCUT2D eigenvalue weighted by molar-refractivity contribution is -0.385. The lowest BCUT2D eigenvalue weighted by atomic mass is 10.2. The van der Waals surface area contributed by atoms with E-state index >= 15 is 0 Å². The smallest absolute Gasteiger partial charge is 0.273 e. The third-order valence-electron chi connectivity index (χ3n) is 4.51. The molecule has 0 unspecified atom stereocenters. The van der Waals surface area contributed by atoms with Gasteiger partial charge in [-0.2, -0.15) is 0 Å². The van der Waals surface area contributed by atoms with Gasteiger partial charge in [-0.25, -0.2) is 0 Å². The van der Waals surface area contributed by atoms with Gasteiger partial charge in [0, 0.05) is 30.0 Å². The van der Waals surface area contributed by atoms with Crippen LogP contribution in [0.15, 0.2) is 47.6 Å². The van der Waals surface area contributed by atoms with Gasteiger partial charge in [0.1, 0.15) is 0 Å². The first-order chi connectivity index (χ1) is 14.5. The molecule has 2 aromatic carbocycles. The molecule has 30 heavy (non-hydrogen) atoms. The summed E-state index contributed by atoms with van der Waals surface area (Å²) < 4.78 is 12.3. The summed E-state index contributed by atoms with van der Waals surface area (Å²) >= 11 is 1.34. The largest absolute Gasteiger partial charge is 0.454 e. The molecule has 0 saturated carbocycles. The summed E-state index contributed by atoms with van der Waals surface area (Å²) in [6.07, 6.45) is 0. The Morgan fingerprint density at radius 2 is 2.03 bits per heavy atom. The number of amides is 1. The summed E-state index contributed by atoms with van der Waals surface area (Å²) in [6, 6.07) is 11.6. The van der Waals surface area contributed by atoms with E-state index in [1.807, 2.05) is 0 Å². The van der Waals surface area contributed by atoms with Gasteiger partial charge in [-0.15, -0.1) is 10.2 Å². The molecule has 4 rings (SSSR count). The summed E-state index contributed by atoms with van der Waals surface area (Å²) in [4.78, 5) is 23.2. The number of hydrogen-bond donors (Lipinski definition) is 1. The number of nitro benzene ring substituents is 1. The van der Waals surface area contributed by atoms with Gasteiger partial charge in [0.25, 0.3) is 11.6 Å². The van der Waals surface area contributed by atoms with Crippen molar-refractivity contribution in [3.8, 4) is 11.5 Å². The number of benzene rings is 2. The summed E-state index contributed by atoms with van der Waals surface area (Å²) in [5.74, 6) is 1.82. The fourth-order valence-electron chi connectivity index (χ4n) is 2.88. The molecule has 3 aromatic rings. The van der Waals surface area contributed by atoms with Gasteiger partial charge in [-0.05, 0) is 18.2 Å². The van der Waals surface area contributed by atoms with Crippen molar-refractivity contribution < 1.29 is 19.2 Å². The maximum absolute atomic E-state index is 12.4. The van der Waals surface area contributed by atoms with Crippen molar-refractivity contribution >= 4 is 23.4 Å². The predicted octanol–water partition coefficient (Wildman–Crippen LogP) is 2.67. The van der Waals surface area contributed by atoms with E-state index in [1.165, 1.54) is 17.8 Å². The van der Waals surface area contributed by atoms with E-state index < -0.39 is 4.92 Å². The van der Waals surface area contributed by atoms with Crippen LogP contribution in [0.5, 0.6) is 11.5 Å². The molecule has 0 bridgehead atoms. The Morgan fingerprint density at radius 3 is 2.87 bits per heavy atom. The molecule has 1 amide bonds. The number of aromatic nitrogens is 3. The number of nitrogens with zero attached hydrogens (tertiary/aromatic N) is 4. The van der Waals surface area contributed by atoms with Crippen molar-refractivity contribution in [2.75, 3.05) is 6.79 Å². The normalized spacial score (nSPS) is 12.0. The van der Waals surface area contributed by atoms with Crippen molar-refractivity contribution in [1.82, 2.24) is 20.1 Å². The SMILES string of the molecule is Cn1c(CNC(=O)c2ccc3c(c2)OCO3)nnc1SCc1ccccc1[N+](=O)[O-]. The van der Waals surface area contributed by atoms with Crippen molar-refractivity contribution in [3.05, 3.63) is 69.5 Å². The standard InChI is InChI=1S/C19H17N5O5S/c1-23-17(9-20-18(25)12-6-7-15-16(8-12)29-11-28-15)21-22-19(23)30-10-13-4-2-3-5-14(13)24(26)27/h2-8H,9-11H2,1H3,(H,20,25). The van der Waals surface area contributed by atoms with Crippen molar-refractivity contribution in [2.24, 2.45) is 7.05 Å². The number of carbonyl (C=O) groups excluding carboxylic acids is 1. The highest BCUT2D eigenvalue weighted by molar-refractivity contribution is 7.98. The molecule has 1 aliphatic heterocycles. The number of ether oxygens (including phenoxy) is 2. The van der Waals surface area contributed by atoms with E-state index in [-0.39, 0.29) is 24.9 Å². The molecule has 11 heteroatoms. The average Bonchev–Trinajstić information content (AvgIpc) is 3.36. The number of hydrogen-bond acceptors (Lipinski definition) is 8. The highest BCUT2D eigenvalue weighted by atomic mass is 32.2. The van der Waals surface area contributed by atoms with Gasteiger partial charge in [0.2, 0.25) is 6.79 Å². The first-order valence-electron chi connectivity index (χ1n) is 8.94. The number of rotatable bonds is 7. The van der Waals surface area contributed by atoms with Gasteiger partial charge in [-0.1, -0.05) is 30.0 Å². The minimum absolute atomic E-state index is 0.0726. The molecule has 0 spiro atoms. The van der Waals surface area contributed by atoms with E-state index in [1.54, 1.807) is 48.0 Å². The molecular weight excluding hydrogens is 410 g/mol. The topological polar surface area (TPSA) is 121 Å². The van der Waals surface area contributed by atoms with Gasteiger partial charge in [0.15, 0.2) is 22.5 Å². The summed E-state index contributed by atoms with van der Waals surface area (Å²) in [6.45, 7) is 0.328. The quantitative estimate of drug-likeness (QED) is 0.347. The van der Waals surface area contributed by atoms with Crippen LogP contribution in [0.3, 0.4) is 0 Å². The second kappa shape index (κ2) is 8.41. The van der Waals surface area contributed by atoms with Crippen LogP contribution in [0.4, 0.5) is 5.69 Å². The van der Waals surface area contributed by atoms with Crippen LogP contribution in [0.1, 0.15) is 21.7 Å². The van der Waals surface area contributed by atoms with E-state index in [0.717, 1.165) is 0 Å². The van der Waals surface area contributed by atoms with Crippen LogP contribution in [0.2, 0.25) is 0 Å². The number of thioether (sulfide) groups is 1. The highest BCUT2D eigenvalue weighted by Crippen LogP contribution is 2.32. The minimum atomic E-state index is -0.399. The van der Waals surface area contributed by atoms with E-state index in [4.69, 9.17) is 9.47 Å². The average molecular weight is 427 g/mol. The Morgan fingerprint density at radius 1 is 1.23 bits per heavy atom.